The molecule has 0 saturated carbocycles. The van der Waals surface area contributed by atoms with E-state index in [-0.39, 0.29) is 30.3 Å². The number of halogens is 2. The van der Waals surface area contributed by atoms with Crippen molar-refractivity contribution in [3.63, 3.8) is 0 Å². The number of carbonyl (C=O) groups is 1. The molecular weight excluding hydrogens is 374 g/mol. The summed E-state index contributed by atoms with van der Waals surface area (Å²) in [5, 5.41) is 6.88. The highest BCUT2D eigenvalue weighted by Gasteiger charge is 2.35. The summed E-state index contributed by atoms with van der Waals surface area (Å²) in [5.41, 5.74) is 0.618. The molecule has 0 radical (unpaired) electrons. The minimum atomic E-state index is -3.25. The molecule has 1 aromatic carbocycles. The zero-order valence-corrected chi connectivity index (χ0v) is 15.8. The van der Waals surface area contributed by atoms with E-state index < -0.39 is 6.11 Å². The number of hydrogen-bond acceptors (Lipinski definition) is 7. The maximum absolute atomic E-state index is 12.9. The lowest BCUT2D eigenvalue weighted by Crippen LogP contribution is -2.38. The van der Waals surface area contributed by atoms with Gasteiger partial charge >= 0.3 is 6.11 Å². The molecule has 0 bridgehead atoms. The number of ether oxygens (including phenoxy) is 2. The molecule has 2 heterocycles. The summed E-state index contributed by atoms with van der Waals surface area (Å²) in [6.45, 7) is 1.34. The van der Waals surface area contributed by atoms with Crippen LogP contribution in [-0.4, -0.2) is 60.4 Å². The molecule has 8 nitrogen and oxygen atoms in total. The van der Waals surface area contributed by atoms with Crippen LogP contribution in [0.25, 0.3) is 11.4 Å². The summed E-state index contributed by atoms with van der Waals surface area (Å²) in [6, 6.07) is 5.84. The minimum absolute atomic E-state index is 0.0132. The van der Waals surface area contributed by atoms with Crippen molar-refractivity contribution in [2.24, 2.45) is 0 Å². The van der Waals surface area contributed by atoms with Gasteiger partial charge in [-0.3, -0.25) is 9.69 Å². The lowest BCUT2D eigenvalue weighted by atomic mass is 10.1. The van der Waals surface area contributed by atoms with Gasteiger partial charge in [0.2, 0.25) is 17.6 Å². The van der Waals surface area contributed by atoms with E-state index in [0.717, 1.165) is 0 Å². The van der Waals surface area contributed by atoms with Gasteiger partial charge in [-0.05, 0) is 37.7 Å². The third-order valence-corrected chi connectivity index (χ3v) is 4.33. The topological polar surface area (TPSA) is 89.7 Å². The Morgan fingerprint density at radius 1 is 1.39 bits per heavy atom. The van der Waals surface area contributed by atoms with Gasteiger partial charge in [0, 0.05) is 32.2 Å². The van der Waals surface area contributed by atoms with Crippen molar-refractivity contribution in [2.75, 3.05) is 27.3 Å². The van der Waals surface area contributed by atoms with Gasteiger partial charge in [-0.15, -0.1) is 0 Å². The lowest BCUT2D eigenvalue weighted by Gasteiger charge is -2.14. The molecule has 152 valence electrons. The van der Waals surface area contributed by atoms with Crippen molar-refractivity contribution < 1.29 is 27.6 Å². The third-order valence-electron chi connectivity index (χ3n) is 4.33. The van der Waals surface area contributed by atoms with E-state index >= 15 is 0 Å². The first kappa shape index (κ1) is 20.2. The van der Waals surface area contributed by atoms with E-state index in [1.807, 2.05) is 11.9 Å². The van der Waals surface area contributed by atoms with Crippen LogP contribution >= 0.6 is 0 Å². The van der Waals surface area contributed by atoms with Crippen LogP contribution in [0.5, 0.6) is 5.75 Å². The van der Waals surface area contributed by atoms with E-state index in [1.165, 1.54) is 19.2 Å². The Morgan fingerprint density at radius 2 is 2.11 bits per heavy atom. The summed E-state index contributed by atoms with van der Waals surface area (Å²) in [4.78, 5) is 18.1. The van der Waals surface area contributed by atoms with Crippen molar-refractivity contribution in [3.05, 3.63) is 30.2 Å². The molecule has 28 heavy (non-hydrogen) atoms. The van der Waals surface area contributed by atoms with Crippen molar-refractivity contribution in [1.29, 1.82) is 0 Å². The van der Waals surface area contributed by atoms with Crippen molar-refractivity contribution in [2.45, 2.75) is 31.5 Å². The molecule has 0 aliphatic carbocycles. The second-order valence-corrected chi connectivity index (χ2v) is 6.78. The molecular formula is C18H22F2N4O4. The van der Waals surface area contributed by atoms with Gasteiger partial charge < -0.3 is 19.3 Å². The number of nitrogens with one attached hydrogen (secondary N) is 1. The van der Waals surface area contributed by atoms with Crippen LogP contribution in [0.1, 0.15) is 25.3 Å². The number of carbonyl (C=O) groups excluding carboxylic acids is 1. The van der Waals surface area contributed by atoms with Crippen molar-refractivity contribution >= 4 is 5.91 Å². The number of benzene rings is 1. The van der Waals surface area contributed by atoms with Crippen LogP contribution in [0, 0.1) is 0 Å². The molecule has 0 spiro atoms. The lowest BCUT2D eigenvalue weighted by molar-refractivity contribution is -0.158. The van der Waals surface area contributed by atoms with Crippen LogP contribution in [0.4, 0.5) is 8.78 Å². The zero-order valence-electron chi connectivity index (χ0n) is 15.8. The summed E-state index contributed by atoms with van der Waals surface area (Å²) >= 11 is 0. The average Bonchev–Trinajstić information content (AvgIpc) is 3.21. The monoisotopic (exact) mass is 396 g/mol. The Labute approximate surface area is 160 Å². The maximum Gasteiger partial charge on any atom is 0.394 e. The summed E-state index contributed by atoms with van der Waals surface area (Å²) in [7, 11) is 3.38. The smallest absolute Gasteiger partial charge is 0.394 e. The van der Waals surface area contributed by atoms with Gasteiger partial charge in [0.15, 0.2) is 0 Å². The second kappa shape index (κ2) is 8.19. The van der Waals surface area contributed by atoms with E-state index in [0.29, 0.717) is 37.2 Å². The summed E-state index contributed by atoms with van der Waals surface area (Å²) in [6.07, 6.45) is -2.62. The number of hydrogen-bond donors (Lipinski definition) is 1. The number of alkyl halides is 2. The van der Waals surface area contributed by atoms with E-state index in [2.05, 4.69) is 20.2 Å². The van der Waals surface area contributed by atoms with Crippen LogP contribution in [0.3, 0.4) is 0 Å². The van der Waals surface area contributed by atoms with Crippen molar-refractivity contribution in [1.82, 2.24) is 20.4 Å². The number of likely N-dealkylation sites (N-methyl/N-ethyl adjacent to an activating group) is 1. The second-order valence-electron chi connectivity index (χ2n) is 6.78. The number of aromatic nitrogens is 2. The van der Waals surface area contributed by atoms with Crippen LogP contribution in [0.2, 0.25) is 0 Å². The molecule has 2 atom stereocenters. The molecule has 0 unspecified atom stereocenters. The minimum Gasteiger partial charge on any atom is -0.433 e. The molecule has 1 saturated heterocycles. The maximum atomic E-state index is 12.9. The van der Waals surface area contributed by atoms with Gasteiger partial charge in [-0.2, -0.15) is 13.8 Å². The quantitative estimate of drug-likeness (QED) is 0.768. The van der Waals surface area contributed by atoms with Crippen LogP contribution < -0.4 is 10.1 Å². The third kappa shape index (κ3) is 5.02. The summed E-state index contributed by atoms with van der Waals surface area (Å²) < 4.78 is 40.5. The van der Waals surface area contributed by atoms with Crippen LogP contribution in [-0.2, 0) is 9.53 Å². The van der Waals surface area contributed by atoms with Gasteiger partial charge in [-0.1, -0.05) is 5.16 Å². The first-order valence-corrected chi connectivity index (χ1v) is 8.74. The van der Waals surface area contributed by atoms with Crippen molar-refractivity contribution in [3.8, 4) is 17.1 Å². The molecule has 1 N–H and O–H groups in total. The zero-order chi connectivity index (χ0) is 20.3. The fourth-order valence-corrected chi connectivity index (χ4v) is 3.16. The highest BCUT2D eigenvalue weighted by atomic mass is 19.3. The van der Waals surface area contributed by atoms with E-state index in [4.69, 9.17) is 9.26 Å². The Hall–Kier alpha value is -2.59. The van der Waals surface area contributed by atoms with Gasteiger partial charge in [0.1, 0.15) is 12.4 Å². The normalized spacial score (nSPS) is 20.3. The fraction of sp³-hybridized carbons (Fsp3) is 0.500. The highest BCUT2D eigenvalue weighted by Crippen LogP contribution is 2.31. The number of likely N-dealkylation sites (tertiary alicyclic amines) is 1. The number of rotatable bonds is 7. The predicted octanol–water partition coefficient (Wildman–Crippen LogP) is 2.24. The average molecular weight is 396 g/mol. The molecule has 1 aromatic heterocycles. The van der Waals surface area contributed by atoms with Gasteiger partial charge in [-0.25, -0.2) is 0 Å². The fourth-order valence-electron chi connectivity index (χ4n) is 3.16. The van der Waals surface area contributed by atoms with Gasteiger partial charge in [0.25, 0.3) is 0 Å². The molecule has 2 aromatic rings. The van der Waals surface area contributed by atoms with E-state index in [9.17, 15) is 13.6 Å². The molecule has 1 aliphatic rings. The van der Waals surface area contributed by atoms with Gasteiger partial charge in [0.05, 0.1) is 6.04 Å². The highest BCUT2D eigenvalue weighted by molar-refractivity contribution is 5.77. The first-order valence-electron chi connectivity index (χ1n) is 8.74. The van der Waals surface area contributed by atoms with E-state index in [1.54, 1.807) is 12.1 Å². The Balaban J connectivity index is 1.66. The number of amides is 1. The Morgan fingerprint density at radius 3 is 2.75 bits per heavy atom. The molecule has 3 rings (SSSR count). The predicted molar refractivity (Wildman–Crippen MR) is 94.8 cm³/mol. The number of methoxy groups -OCH3 is 1. The molecule has 1 aliphatic heterocycles. The molecule has 1 amide bonds. The number of nitrogens with zero attached hydrogens (tertiary/aromatic N) is 3. The first-order chi connectivity index (χ1) is 13.2. The SMILES string of the molecule is COCC(=O)N[C@H]1C[C@@H](c2nc(-c3ccc(OC(C)(F)F)cc3)no2)N(C)C1. The Kier molecular flexibility index (Phi) is 5.90. The standard InChI is InChI=1S/C18H22F2N4O4/c1-18(19,20)27-13-6-4-11(5-7-13)16-22-17(28-23-16)14-8-12(9-24(14)2)21-15(25)10-26-3/h4-7,12,14H,8-10H2,1-3H3,(H,21,25)/t12-,14-/m0/s1. The summed E-state index contributed by atoms with van der Waals surface area (Å²) in [5.74, 6) is 0.657. The Bertz CT molecular complexity index is 807. The largest absolute Gasteiger partial charge is 0.433 e. The molecule has 10 heteroatoms. The van der Waals surface area contributed by atoms with Crippen LogP contribution in [0.15, 0.2) is 28.8 Å². The molecule has 1 fully saturated rings.